The molecule has 1 aliphatic carbocycles. The van der Waals surface area contributed by atoms with Crippen LogP contribution in [0.4, 0.5) is 0 Å². The lowest BCUT2D eigenvalue weighted by Crippen LogP contribution is -2.69. The number of hydrogen-bond donors (Lipinski definition) is 0. The van der Waals surface area contributed by atoms with Crippen molar-refractivity contribution in [2.24, 2.45) is 5.41 Å². The molecule has 6 nitrogen and oxygen atoms in total. The lowest BCUT2D eigenvalue weighted by Gasteiger charge is -2.61. The number of nitrogens with zero attached hydrogens (tertiary/aromatic N) is 3. The van der Waals surface area contributed by atoms with Crippen molar-refractivity contribution in [3.63, 3.8) is 0 Å². The largest absolute Gasteiger partial charge is 0.378 e. The van der Waals surface area contributed by atoms with E-state index in [1.165, 1.54) is 10.7 Å². The van der Waals surface area contributed by atoms with Gasteiger partial charge in [0.05, 0.1) is 11.3 Å². The number of ether oxygens (including phenoxy) is 1. The highest BCUT2D eigenvalue weighted by Gasteiger charge is 2.59. The Kier molecular flexibility index (Phi) is 4.95. The number of likely N-dealkylation sites (N-methyl/N-ethyl adjacent to an activating group) is 1. The Morgan fingerprint density at radius 1 is 1.22 bits per heavy atom. The third-order valence-corrected chi connectivity index (χ3v) is 6.31. The number of carbonyl (C=O) groups is 1. The Bertz CT molecular complexity index is 891. The molecule has 0 unspecified atom stereocenters. The zero-order chi connectivity index (χ0) is 19.8. The zero-order valence-electron chi connectivity index (χ0n) is 16.6. The molecule has 1 fully saturated rings. The van der Waals surface area contributed by atoms with Crippen LogP contribution in [0.15, 0.2) is 47.3 Å². The average Bonchev–Trinajstić information content (AvgIpc) is 2.67. The fraction of sp³-hybridized carbons (Fsp3) is 0.476. The number of methoxy groups -OCH3 is 1. The molecular weight excluding hydrogens is 342 g/mol. The summed E-state index contributed by atoms with van der Waals surface area (Å²) in [7, 11) is 3.49. The normalized spacial score (nSPS) is 23.5. The molecule has 1 amide bonds. The minimum Gasteiger partial charge on any atom is -0.378 e. The number of amides is 1. The van der Waals surface area contributed by atoms with Gasteiger partial charge in [0.1, 0.15) is 6.54 Å². The maximum Gasteiger partial charge on any atom is 0.267 e. The van der Waals surface area contributed by atoms with Crippen LogP contribution in [-0.2, 0) is 16.1 Å². The van der Waals surface area contributed by atoms with Gasteiger partial charge in [-0.3, -0.25) is 9.59 Å². The summed E-state index contributed by atoms with van der Waals surface area (Å²) >= 11 is 0. The van der Waals surface area contributed by atoms with Crippen LogP contribution in [0.25, 0.3) is 11.3 Å². The molecule has 0 aliphatic heterocycles. The van der Waals surface area contributed by atoms with Crippen LogP contribution in [-0.4, -0.2) is 46.4 Å². The molecule has 144 valence electrons. The Morgan fingerprint density at radius 2 is 1.89 bits per heavy atom. The van der Waals surface area contributed by atoms with Gasteiger partial charge in [0.25, 0.3) is 5.56 Å². The van der Waals surface area contributed by atoms with Crippen molar-refractivity contribution in [2.75, 3.05) is 14.2 Å². The Hall–Kier alpha value is -2.47. The number of aromatic nitrogens is 2. The smallest absolute Gasteiger partial charge is 0.267 e. The standard InChI is InChI=1S/C21H27N3O3/c1-20(2)17(13-21(20,3)27-5)23(4)19(26)14-24-18(25)12-11-16(22-24)15-9-7-6-8-10-15/h6-12,17H,13-14H2,1-5H3/t17-,21+/m1/s1. The van der Waals surface area contributed by atoms with Crippen LogP contribution in [0.5, 0.6) is 0 Å². The zero-order valence-corrected chi connectivity index (χ0v) is 16.6. The maximum absolute atomic E-state index is 12.8. The second-order valence-electron chi connectivity index (χ2n) is 7.96. The minimum atomic E-state index is -0.286. The van der Waals surface area contributed by atoms with Gasteiger partial charge in [-0.25, -0.2) is 4.68 Å². The van der Waals surface area contributed by atoms with Crippen molar-refractivity contribution < 1.29 is 9.53 Å². The van der Waals surface area contributed by atoms with Crippen molar-refractivity contribution in [3.05, 3.63) is 52.8 Å². The summed E-state index contributed by atoms with van der Waals surface area (Å²) < 4.78 is 6.88. The van der Waals surface area contributed by atoms with E-state index >= 15 is 0 Å². The molecule has 0 N–H and O–H groups in total. The predicted molar refractivity (Wildman–Crippen MR) is 104 cm³/mol. The first kappa shape index (κ1) is 19.3. The van der Waals surface area contributed by atoms with Crippen LogP contribution < -0.4 is 5.56 Å². The molecule has 2 aromatic rings. The third-order valence-electron chi connectivity index (χ3n) is 6.31. The summed E-state index contributed by atoms with van der Waals surface area (Å²) in [6.07, 6.45) is 0.769. The van der Waals surface area contributed by atoms with E-state index in [-0.39, 0.29) is 35.1 Å². The van der Waals surface area contributed by atoms with E-state index in [0.29, 0.717) is 5.69 Å². The summed E-state index contributed by atoms with van der Waals surface area (Å²) in [4.78, 5) is 26.7. The van der Waals surface area contributed by atoms with Gasteiger partial charge in [0, 0.05) is 37.2 Å². The predicted octanol–water partition coefficient (Wildman–Crippen LogP) is 2.57. The van der Waals surface area contributed by atoms with Gasteiger partial charge in [0.2, 0.25) is 5.91 Å². The molecule has 1 aliphatic rings. The average molecular weight is 369 g/mol. The monoisotopic (exact) mass is 369 g/mol. The lowest BCUT2D eigenvalue weighted by atomic mass is 9.55. The molecule has 2 atom stereocenters. The second-order valence-corrected chi connectivity index (χ2v) is 7.96. The molecule has 1 aromatic carbocycles. The fourth-order valence-corrected chi connectivity index (χ4v) is 3.81. The van der Waals surface area contributed by atoms with E-state index in [1.54, 1.807) is 25.1 Å². The first-order chi connectivity index (χ1) is 12.7. The summed E-state index contributed by atoms with van der Waals surface area (Å²) in [6, 6.07) is 12.8. The van der Waals surface area contributed by atoms with Gasteiger partial charge in [0.15, 0.2) is 0 Å². The minimum absolute atomic E-state index is 0.0583. The quantitative estimate of drug-likeness (QED) is 0.813. The van der Waals surface area contributed by atoms with Crippen LogP contribution in [0.3, 0.4) is 0 Å². The Morgan fingerprint density at radius 3 is 2.48 bits per heavy atom. The first-order valence-electron chi connectivity index (χ1n) is 9.14. The van der Waals surface area contributed by atoms with Gasteiger partial charge in [-0.2, -0.15) is 5.10 Å². The van der Waals surface area contributed by atoms with Crippen LogP contribution in [0.2, 0.25) is 0 Å². The van der Waals surface area contributed by atoms with Gasteiger partial charge < -0.3 is 9.64 Å². The summed E-state index contributed by atoms with van der Waals surface area (Å²) in [5, 5.41) is 4.38. The van der Waals surface area contributed by atoms with E-state index in [4.69, 9.17) is 4.74 Å². The molecule has 0 spiro atoms. The summed E-state index contributed by atoms with van der Waals surface area (Å²) in [6.45, 7) is 6.20. The highest BCUT2D eigenvalue weighted by molar-refractivity contribution is 5.76. The Balaban J connectivity index is 1.78. The molecular formula is C21H27N3O3. The molecule has 0 bridgehead atoms. The van der Waals surface area contributed by atoms with E-state index in [9.17, 15) is 9.59 Å². The van der Waals surface area contributed by atoms with Crippen molar-refractivity contribution in [1.29, 1.82) is 0 Å². The SMILES string of the molecule is CO[C@@]1(C)C[C@@H](N(C)C(=O)Cn2nc(-c3ccccc3)ccc2=O)C1(C)C. The van der Waals surface area contributed by atoms with Crippen LogP contribution >= 0.6 is 0 Å². The summed E-state index contributed by atoms with van der Waals surface area (Å²) in [5.74, 6) is -0.133. The molecule has 0 saturated heterocycles. The molecule has 0 radical (unpaired) electrons. The lowest BCUT2D eigenvalue weighted by molar-refractivity contribution is -0.207. The van der Waals surface area contributed by atoms with E-state index in [0.717, 1.165) is 12.0 Å². The maximum atomic E-state index is 12.8. The van der Waals surface area contributed by atoms with Gasteiger partial charge in [-0.15, -0.1) is 0 Å². The summed E-state index contributed by atoms with van der Waals surface area (Å²) in [5.41, 5.74) is 0.862. The van der Waals surface area contributed by atoms with Crippen LogP contribution in [0, 0.1) is 5.41 Å². The molecule has 3 rings (SSSR count). The molecule has 6 heteroatoms. The van der Waals surface area contributed by atoms with E-state index < -0.39 is 0 Å². The van der Waals surface area contributed by atoms with Crippen molar-refractivity contribution in [1.82, 2.24) is 14.7 Å². The van der Waals surface area contributed by atoms with Crippen molar-refractivity contribution >= 4 is 5.91 Å². The van der Waals surface area contributed by atoms with Crippen LogP contribution in [0.1, 0.15) is 27.2 Å². The number of carbonyl (C=O) groups excluding carboxylic acids is 1. The van der Waals surface area contributed by atoms with Gasteiger partial charge >= 0.3 is 0 Å². The van der Waals surface area contributed by atoms with E-state index in [1.807, 2.05) is 30.3 Å². The topological polar surface area (TPSA) is 64.4 Å². The van der Waals surface area contributed by atoms with Gasteiger partial charge in [-0.05, 0) is 19.4 Å². The molecule has 1 heterocycles. The van der Waals surface area contributed by atoms with Gasteiger partial charge in [-0.1, -0.05) is 44.2 Å². The first-order valence-corrected chi connectivity index (χ1v) is 9.14. The Labute approximate surface area is 159 Å². The highest BCUT2D eigenvalue weighted by atomic mass is 16.5. The number of rotatable bonds is 5. The van der Waals surface area contributed by atoms with Crippen molar-refractivity contribution in [3.8, 4) is 11.3 Å². The third kappa shape index (κ3) is 3.30. The second kappa shape index (κ2) is 6.93. The fourth-order valence-electron chi connectivity index (χ4n) is 3.81. The van der Waals surface area contributed by atoms with E-state index in [2.05, 4.69) is 25.9 Å². The molecule has 27 heavy (non-hydrogen) atoms. The number of benzene rings is 1. The highest BCUT2D eigenvalue weighted by Crippen LogP contribution is 2.53. The number of hydrogen-bond acceptors (Lipinski definition) is 4. The molecule has 1 aromatic heterocycles. The van der Waals surface area contributed by atoms with Crippen molar-refractivity contribution in [2.45, 2.75) is 45.4 Å². The molecule has 1 saturated carbocycles.